The third-order valence-electron chi connectivity index (χ3n) is 3.31. The molecule has 1 aliphatic rings. The third kappa shape index (κ3) is 6.08. The second kappa shape index (κ2) is 7.60. The van der Waals surface area contributed by atoms with Crippen molar-refractivity contribution >= 4 is 17.9 Å². The van der Waals surface area contributed by atoms with Crippen molar-refractivity contribution < 1.29 is 19.5 Å². The maximum atomic E-state index is 11.6. The van der Waals surface area contributed by atoms with Crippen molar-refractivity contribution in [3.63, 3.8) is 0 Å². The second-order valence-electron chi connectivity index (χ2n) is 4.90. The number of carbonyl (C=O) groups excluding carboxylic acids is 2. The SMILES string of the molecule is NC(=O)CC[C@H](NC(=O)NCC1CCCC1)C(=O)O. The molecule has 5 N–H and O–H groups in total. The highest BCUT2D eigenvalue weighted by Gasteiger charge is 2.21. The lowest BCUT2D eigenvalue weighted by atomic mass is 10.1. The second-order valence-corrected chi connectivity index (χ2v) is 4.90. The summed E-state index contributed by atoms with van der Waals surface area (Å²) in [4.78, 5) is 33.1. The van der Waals surface area contributed by atoms with Crippen LogP contribution in [0.15, 0.2) is 0 Å². The van der Waals surface area contributed by atoms with Crippen LogP contribution in [0.1, 0.15) is 38.5 Å². The fraction of sp³-hybridized carbons (Fsp3) is 0.750. The molecular formula is C12H21N3O4. The molecule has 0 radical (unpaired) electrons. The van der Waals surface area contributed by atoms with Crippen LogP contribution in [0.2, 0.25) is 0 Å². The number of hydrogen-bond donors (Lipinski definition) is 4. The van der Waals surface area contributed by atoms with E-state index >= 15 is 0 Å². The summed E-state index contributed by atoms with van der Waals surface area (Å²) < 4.78 is 0. The summed E-state index contributed by atoms with van der Waals surface area (Å²) in [5, 5.41) is 13.9. The van der Waals surface area contributed by atoms with Gasteiger partial charge in [-0.2, -0.15) is 0 Å². The normalized spacial score (nSPS) is 16.8. The molecule has 0 aromatic carbocycles. The highest BCUT2D eigenvalue weighted by atomic mass is 16.4. The Morgan fingerprint density at radius 2 is 1.89 bits per heavy atom. The third-order valence-corrected chi connectivity index (χ3v) is 3.31. The maximum absolute atomic E-state index is 11.6. The van der Waals surface area contributed by atoms with E-state index in [4.69, 9.17) is 10.8 Å². The van der Waals surface area contributed by atoms with E-state index in [1.54, 1.807) is 0 Å². The molecular weight excluding hydrogens is 250 g/mol. The van der Waals surface area contributed by atoms with E-state index in [1.165, 1.54) is 12.8 Å². The Balaban J connectivity index is 2.29. The average Bonchev–Trinajstić information content (AvgIpc) is 2.84. The molecule has 0 aliphatic heterocycles. The average molecular weight is 271 g/mol. The first-order valence-corrected chi connectivity index (χ1v) is 6.54. The summed E-state index contributed by atoms with van der Waals surface area (Å²) in [6.45, 7) is 0.563. The Labute approximate surface area is 111 Å². The van der Waals surface area contributed by atoms with Crippen LogP contribution < -0.4 is 16.4 Å². The van der Waals surface area contributed by atoms with Crippen LogP contribution in [0.3, 0.4) is 0 Å². The Kier molecular flexibility index (Phi) is 6.11. The summed E-state index contributed by atoms with van der Waals surface area (Å²) in [5.41, 5.74) is 4.95. The number of carboxylic acids is 1. The highest BCUT2D eigenvalue weighted by Crippen LogP contribution is 2.23. The van der Waals surface area contributed by atoms with Crippen LogP contribution in [0, 0.1) is 5.92 Å². The van der Waals surface area contributed by atoms with Gasteiger partial charge >= 0.3 is 12.0 Å². The fourth-order valence-electron chi connectivity index (χ4n) is 2.20. The van der Waals surface area contributed by atoms with E-state index in [0.29, 0.717) is 12.5 Å². The molecule has 0 unspecified atom stereocenters. The summed E-state index contributed by atoms with van der Waals surface area (Å²) in [7, 11) is 0. The van der Waals surface area contributed by atoms with E-state index in [2.05, 4.69) is 10.6 Å². The first-order chi connectivity index (χ1) is 8.99. The van der Waals surface area contributed by atoms with Crippen molar-refractivity contribution in [3.8, 4) is 0 Å². The predicted molar refractivity (Wildman–Crippen MR) is 68.3 cm³/mol. The molecule has 0 saturated heterocycles. The van der Waals surface area contributed by atoms with Crippen LogP contribution in [0.5, 0.6) is 0 Å². The predicted octanol–water partition coefficient (Wildman–Crippen LogP) is 0.194. The molecule has 3 amide bonds. The van der Waals surface area contributed by atoms with Gasteiger partial charge in [-0.25, -0.2) is 9.59 Å². The number of urea groups is 1. The Morgan fingerprint density at radius 3 is 2.42 bits per heavy atom. The van der Waals surface area contributed by atoms with E-state index in [1.807, 2.05) is 0 Å². The number of carboxylic acid groups (broad SMARTS) is 1. The summed E-state index contributed by atoms with van der Waals surface area (Å²) in [6, 6.07) is -1.60. The topological polar surface area (TPSA) is 122 Å². The molecule has 1 saturated carbocycles. The van der Waals surface area contributed by atoms with Gasteiger partial charge < -0.3 is 21.5 Å². The van der Waals surface area contributed by atoms with Gasteiger partial charge in [-0.05, 0) is 25.2 Å². The van der Waals surface area contributed by atoms with E-state index < -0.39 is 23.9 Å². The number of carbonyl (C=O) groups is 3. The molecule has 0 bridgehead atoms. The van der Waals surface area contributed by atoms with E-state index in [9.17, 15) is 14.4 Å². The highest BCUT2D eigenvalue weighted by molar-refractivity contribution is 5.83. The first kappa shape index (κ1) is 15.3. The van der Waals surface area contributed by atoms with Gasteiger partial charge in [-0.1, -0.05) is 12.8 Å². The monoisotopic (exact) mass is 271 g/mol. The van der Waals surface area contributed by atoms with Gasteiger partial charge in [-0.3, -0.25) is 4.79 Å². The quantitative estimate of drug-likeness (QED) is 0.528. The van der Waals surface area contributed by atoms with Crippen molar-refractivity contribution in [2.24, 2.45) is 11.7 Å². The standard InChI is InChI=1S/C12H21N3O4/c13-10(16)6-5-9(11(17)18)15-12(19)14-7-8-3-1-2-4-8/h8-9H,1-7H2,(H2,13,16)(H,17,18)(H2,14,15,19)/t9-/m0/s1. The molecule has 0 spiro atoms. The zero-order valence-corrected chi connectivity index (χ0v) is 10.9. The molecule has 1 aliphatic carbocycles. The van der Waals surface area contributed by atoms with Crippen molar-refractivity contribution in [3.05, 3.63) is 0 Å². The molecule has 7 heteroatoms. The van der Waals surface area contributed by atoms with Gasteiger partial charge in [0.05, 0.1) is 0 Å². The van der Waals surface area contributed by atoms with Gasteiger partial charge in [-0.15, -0.1) is 0 Å². The Bertz CT molecular complexity index is 340. The lowest BCUT2D eigenvalue weighted by Gasteiger charge is -2.16. The smallest absolute Gasteiger partial charge is 0.326 e. The fourth-order valence-corrected chi connectivity index (χ4v) is 2.20. The number of nitrogens with one attached hydrogen (secondary N) is 2. The molecule has 19 heavy (non-hydrogen) atoms. The van der Waals surface area contributed by atoms with Gasteiger partial charge in [0.25, 0.3) is 0 Å². The van der Waals surface area contributed by atoms with Crippen molar-refractivity contribution in [1.82, 2.24) is 10.6 Å². The maximum Gasteiger partial charge on any atom is 0.326 e. The number of amides is 3. The van der Waals surface area contributed by atoms with Crippen LogP contribution in [-0.4, -0.2) is 35.6 Å². The van der Waals surface area contributed by atoms with E-state index in [0.717, 1.165) is 12.8 Å². The minimum Gasteiger partial charge on any atom is -0.480 e. The zero-order chi connectivity index (χ0) is 14.3. The van der Waals surface area contributed by atoms with Gasteiger partial charge in [0.2, 0.25) is 5.91 Å². The van der Waals surface area contributed by atoms with Gasteiger partial charge in [0, 0.05) is 13.0 Å². The molecule has 0 aromatic rings. The molecule has 0 heterocycles. The Morgan fingerprint density at radius 1 is 1.26 bits per heavy atom. The molecule has 7 nitrogen and oxygen atoms in total. The molecule has 1 atom stereocenters. The molecule has 0 aromatic heterocycles. The van der Waals surface area contributed by atoms with Gasteiger partial charge in [0.15, 0.2) is 0 Å². The lowest BCUT2D eigenvalue weighted by molar-refractivity contribution is -0.139. The van der Waals surface area contributed by atoms with E-state index in [-0.39, 0.29) is 12.8 Å². The van der Waals surface area contributed by atoms with Crippen molar-refractivity contribution in [1.29, 1.82) is 0 Å². The number of nitrogens with two attached hydrogens (primary N) is 1. The number of aliphatic carboxylic acids is 1. The molecule has 108 valence electrons. The van der Waals surface area contributed by atoms with Crippen molar-refractivity contribution in [2.45, 2.75) is 44.6 Å². The van der Waals surface area contributed by atoms with Crippen LogP contribution >= 0.6 is 0 Å². The number of hydrogen-bond acceptors (Lipinski definition) is 3. The largest absolute Gasteiger partial charge is 0.480 e. The van der Waals surface area contributed by atoms with Crippen LogP contribution in [-0.2, 0) is 9.59 Å². The minimum atomic E-state index is -1.17. The molecule has 1 rings (SSSR count). The minimum absolute atomic E-state index is 0.00150. The van der Waals surface area contributed by atoms with Crippen LogP contribution in [0.4, 0.5) is 4.79 Å². The summed E-state index contributed by atoms with van der Waals surface area (Å²) in [5.74, 6) is -1.27. The number of primary amides is 1. The summed E-state index contributed by atoms with van der Waals surface area (Å²) in [6.07, 6.45) is 4.50. The summed E-state index contributed by atoms with van der Waals surface area (Å²) >= 11 is 0. The van der Waals surface area contributed by atoms with Gasteiger partial charge in [0.1, 0.15) is 6.04 Å². The molecule has 1 fully saturated rings. The van der Waals surface area contributed by atoms with Crippen molar-refractivity contribution in [2.75, 3.05) is 6.54 Å². The van der Waals surface area contributed by atoms with Crippen LogP contribution in [0.25, 0.3) is 0 Å². The zero-order valence-electron chi connectivity index (χ0n) is 10.9. The number of rotatable bonds is 7. The lowest BCUT2D eigenvalue weighted by Crippen LogP contribution is -2.47. The first-order valence-electron chi connectivity index (χ1n) is 6.54. The Hall–Kier alpha value is -1.79.